The van der Waals surface area contributed by atoms with Gasteiger partial charge in [0.05, 0.1) is 0 Å². The molecule has 1 saturated heterocycles. The number of terminal acetylenes is 1. The number of hydrogen-bond donors (Lipinski definition) is 0. The van der Waals surface area contributed by atoms with Crippen LogP contribution < -0.4 is 0 Å². The van der Waals surface area contributed by atoms with E-state index in [1.807, 2.05) is 7.05 Å². The first kappa shape index (κ1) is 7.20. The van der Waals surface area contributed by atoms with Crippen LogP contribution >= 0.6 is 0 Å². The van der Waals surface area contributed by atoms with Crippen LogP contribution in [0.4, 0.5) is 0 Å². The van der Waals surface area contributed by atoms with Crippen molar-refractivity contribution < 1.29 is 0 Å². The maximum absolute atomic E-state index is 5.24. The van der Waals surface area contributed by atoms with Gasteiger partial charge in [0.2, 0.25) is 0 Å². The standard InChI is InChI=1S/C6H9NS2/c1-3-6-4-7(2)9(8)5-6/h1,6H,4-5H2,2H3. The zero-order valence-corrected chi connectivity index (χ0v) is 6.97. The highest BCUT2D eigenvalue weighted by Crippen LogP contribution is 2.12. The van der Waals surface area contributed by atoms with E-state index in [4.69, 9.17) is 17.6 Å². The predicted octanol–water partition coefficient (Wildman–Crippen LogP) is 0.176. The van der Waals surface area contributed by atoms with Gasteiger partial charge in [0, 0.05) is 18.2 Å². The highest BCUT2D eigenvalue weighted by Gasteiger charge is 2.20. The van der Waals surface area contributed by atoms with E-state index in [1.165, 1.54) is 0 Å². The van der Waals surface area contributed by atoms with E-state index in [-0.39, 0.29) is 9.64 Å². The maximum Gasteiger partial charge on any atom is 0.0442 e. The molecule has 1 fully saturated rings. The first-order chi connectivity index (χ1) is 4.24. The highest BCUT2D eigenvalue weighted by atomic mass is 32.8. The van der Waals surface area contributed by atoms with Gasteiger partial charge in [-0.3, -0.25) is 0 Å². The van der Waals surface area contributed by atoms with Gasteiger partial charge in [-0.2, -0.15) is 0 Å². The molecule has 1 nitrogen and oxygen atoms in total. The fraction of sp³-hybridized carbons (Fsp3) is 0.667. The molecule has 1 aliphatic heterocycles. The molecule has 0 aromatic rings. The van der Waals surface area contributed by atoms with Crippen LogP contribution in [-0.4, -0.2) is 23.7 Å². The van der Waals surface area contributed by atoms with E-state index < -0.39 is 0 Å². The summed E-state index contributed by atoms with van der Waals surface area (Å²) in [4.78, 5) is 0. The average Bonchev–Trinajstić information content (AvgIpc) is 2.13. The van der Waals surface area contributed by atoms with Crippen LogP contribution in [0.25, 0.3) is 0 Å². The Morgan fingerprint density at radius 1 is 1.89 bits per heavy atom. The number of rotatable bonds is 0. The molecule has 0 radical (unpaired) electrons. The van der Waals surface area contributed by atoms with E-state index in [0.717, 1.165) is 12.3 Å². The Morgan fingerprint density at radius 3 is 2.78 bits per heavy atom. The summed E-state index contributed by atoms with van der Waals surface area (Å²) in [5.74, 6) is 4.15. The number of hydrogen-bond acceptors (Lipinski definition) is 1. The molecule has 0 aromatic heterocycles. The summed E-state index contributed by atoms with van der Waals surface area (Å²) >= 11 is 5.13. The Kier molecular flexibility index (Phi) is 2.23. The minimum absolute atomic E-state index is 0.0266. The van der Waals surface area contributed by atoms with Gasteiger partial charge in [-0.1, -0.05) is 9.64 Å². The molecular formula is C6H9NS2. The summed E-state index contributed by atoms with van der Waals surface area (Å²) in [6.07, 6.45) is 5.24. The van der Waals surface area contributed by atoms with Crippen molar-refractivity contribution in [1.29, 1.82) is 0 Å². The lowest BCUT2D eigenvalue weighted by Crippen LogP contribution is -2.13. The third kappa shape index (κ3) is 1.51. The van der Waals surface area contributed by atoms with Crippen LogP contribution in [0.5, 0.6) is 0 Å². The zero-order valence-electron chi connectivity index (χ0n) is 5.33. The second kappa shape index (κ2) is 2.78. The predicted molar refractivity (Wildman–Crippen MR) is 44.6 cm³/mol. The molecule has 2 unspecified atom stereocenters. The van der Waals surface area contributed by atoms with Gasteiger partial charge < -0.3 is 0 Å². The van der Waals surface area contributed by atoms with E-state index in [9.17, 15) is 0 Å². The van der Waals surface area contributed by atoms with E-state index in [1.54, 1.807) is 0 Å². The third-order valence-electron chi connectivity index (χ3n) is 1.40. The van der Waals surface area contributed by atoms with Crippen molar-refractivity contribution in [2.24, 2.45) is 5.92 Å². The largest absolute Gasteiger partial charge is 0.249 e. The molecule has 1 rings (SSSR count). The Balaban J connectivity index is 2.57. The van der Waals surface area contributed by atoms with Gasteiger partial charge in [0.15, 0.2) is 0 Å². The molecule has 1 aliphatic rings. The van der Waals surface area contributed by atoms with Crippen molar-refractivity contribution in [3.63, 3.8) is 0 Å². The van der Waals surface area contributed by atoms with Crippen molar-refractivity contribution >= 4 is 20.8 Å². The van der Waals surface area contributed by atoms with E-state index in [0.29, 0.717) is 5.92 Å². The lowest BCUT2D eigenvalue weighted by molar-refractivity contribution is 0.547. The smallest absolute Gasteiger partial charge is 0.0442 e. The first-order valence-corrected chi connectivity index (χ1v) is 5.07. The van der Waals surface area contributed by atoms with Gasteiger partial charge in [-0.05, 0) is 18.2 Å². The third-order valence-corrected chi connectivity index (χ3v) is 4.11. The Bertz CT molecular complexity index is 170. The Morgan fingerprint density at radius 2 is 2.56 bits per heavy atom. The van der Waals surface area contributed by atoms with Crippen molar-refractivity contribution in [2.45, 2.75) is 0 Å². The summed E-state index contributed by atoms with van der Waals surface area (Å²) in [5.41, 5.74) is 0. The molecule has 0 amide bonds. The molecule has 0 aromatic carbocycles. The molecule has 0 saturated carbocycles. The maximum atomic E-state index is 5.24. The molecule has 9 heavy (non-hydrogen) atoms. The van der Waals surface area contributed by atoms with Gasteiger partial charge in [-0.25, -0.2) is 4.31 Å². The first-order valence-electron chi connectivity index (χ1n) is 2.80. The minimum atomic E-state index is 0.0266. The van der Waals surface area contributed by atoms with Crippen LogP contribution in [-0.2, 0) is 20.8 Å². The van der Waals surface area contributed by atoms with Crippen LogP contribution in [0.2, 0.25) is 0 Å². The van der Waals surface area contributed by atoms with Crippen LogP contribution in [0.15, 0.2) is 0 Å². The molecule has 0 bridgehead atoms. The zero-order chi connectivity index (χ0) is 6.85. The molecule has 1 heterocycles. The van der Waals surface area contributed by atoms with Gasteiger partial charge in [0.25, 0.3) is 0 Å². The van der Waals surface area contributed by atoms with Gasteiger partial charge in [-0.15, -0.1) is 12.3 Å². The molecule has 2 atom stereocenters. The highest BCUT2D eigenvalue weighted by molar-refractivity contribution is 8.27. The average molecular weight is 159 g/mol. The molecule has 50 valence electrons. The molecule has 0 aliphatic carbocycles. The second-order valence-corrected chi connectivity index (χ2v) is 4.92. The summed E-state index contributed by atoms with van der Waals surface area (Å²) in [6, 6.07) is 0. The van der Waals surface area contributed by atoms with Gasteiger partial charge in [0.1, 0.15) is 0 Å². The van der Waals surface area contributed by atoms with Crippen LogP contribution in [0, 0.1) is 18.3 Å². The SMILES string of the molecule is C#CC1CN(C)S(=S)C1. The minimum Gasteiger partial charge on any atom is -0.249 e. The molecule has 3 heteroatoms. The van der Waals surface area contributed by atoms with Crippen LogP contribution in [0.3, 0.4) is 0 Å². The van der Waals surface area contributed by atoms with Crippen molar-refractivity contribution in [2.75, 3.05) is 19.3 Å². The fourth-order valence-electron chi connectivity index (χ4n) is 0.846. The Hall–Kier alpha value is 0.0900. The van der Waals surface area contributed by atoms with Crippen molar-refractivity contribution in [1.82, 2.24) is 4.31 Å². The van der Waals surface area contributed by atoms with Crippen molar-refractivity contribution in [3.8, 4) is 12.3 Å². The molecule has 0 N–H and O–H groups in total. The van der Waals surface area contributed by atoms with E-state index in [2.05, 4.69) is 10.2 Å². The quantitative estimate of drug-likeness (QED) is 0.464. The summed E-state index contributed by atoms with van der Waals surface area (Å²) in [7, 11) is 2.06. The van der Waals surface area contributed by atoms with E-state index >= 15 is 0 Å². The molecule has 0 spiro atoms. The van der Waals surface area contributed by atoms with Crippen LogP contribution in [0.1, 0.15) is 0 Å². The molecular weight excluding hydrogens is 150 g/mol. The topological polar surface area (TPSA) is 3.24 Å². The number of nitrogens with zero attached hydrogens (tertiary/aromatic N) is 1. The normalized spacial score (nSPS) is 36.4. The van der Waals surface area contributed by atoms with Crippen molar-refractivity contribution in [3.05, 3.63) is 0 Å². The summed E-state index contributed by atoms with van der Waals surface area (Å²) in [5, 5.41) is 0. The lowest BCUT2D eigenvalue weighted by Gasteiger charge is -2.04. The monoisotopic (exact) mass is 159 g/mol. The lowest BCUT2D eigenvalue weighted by atomic mass is 10.2. The second-order valence-electron chi connectivity index (χ2n) is 2.16. The summed E-state index contributed by atoms with van der Waals surface area (Å²) < 4.78 is 2.15. The summed E-state index contributed by atoms with van der Waals surface area (Å²) in [6.45, 7) is 0.989. The fourth-order valence-corrected chi connectivity index (χ4v) is 2.67. The van der Waals surface area contributed by atoms with Gasteiger partial charge >= 0.3 is 0 Å². The Labute approximate surface area is 63.2 Å².